The molecule has 0 spiro atoms. The molecule has 98 valence electrons. The number of carbonyl (C=O) groups excluding carboxylic acids is 1. The van der Waals surface area contributed by atoms with Crippen LogP contribution in [0.3, 0.4) is 0 Å². The first-order valence-corrected chi connectivity index (χ1v) is 6.34. The molecule has 1 atom stereocenters. The van der Waals surface area contributed by atoms with Crippen LogP contribution in [0, 0.1) is 0 Å². The van der Waals surface area contributed by atoms with Crippen molar-refractivity contribution in [2.45, 2.75) is 19.9 Å². The molecule has 3 rings (SSSR count). The van der Waals surface area contributed by atoms with Gasteiger partial charge in [-0.05, 0) is 26.0 Å². The Bertz CT molecular complexity index is 605. The minimum absolute atomic E-state index is 0.0255. The van der Waals surface area contributed by atoms with Gasteiger partial charge in [-0.15, -0.1) is 5.10 Å². The molecule has 1 unspecified atom stereocenters. The topological polar surface area (TPSA) is 48.3 Å². The zero-order valence-electron chi connectivity index (χ0n) is 11.3. The molecule has 0 fully saturated rings. The second-order valence-corrected chi connectivity index (χ2v) is 4.98. The molecule has 2 heterocycles. The van der Waals surface area contributed by atoms with Crippen LogP contribution in [0.5, 0.6) is 0 Å². The summed E-state index contributed by atoms with van der Waals surface area (Å²) < 4.78 is 0. The molecule has 0 saturated carbocycles. The van der Waals surface area contributed by atoms with Gasteiger partial charge in [0.1, 0.15) is 0 Å². The quantitative estimate of drug-likeness (QED) is 0.710. The molecule has 0 aliphatic carbocycles. The summed E-state index contributed by atoms with van der Waals surface area (Å²) in [5.41, 5.74) is 2.59. The Balaban J connectivity index is 2.21. The van der Waals surface area contributed by atoms with Crippen molar-refractivity contribution in [3.63, 3.8) is 0 Å². The van der Waals surface area contributed by atoms with Gasteiger partial charge < -0.3 is 9.80 Å². The van der Waals surface area contributed by atoms with E-state index in [1.54, 1.807) is 11.9 Å². The van der Waals surface area contributed by atoms with E-state index in [2.05, 4.69) is 22.0 Å². The van der Waals surface area contributed by atoms with Crippen molar-refractivity contribution in [3.05, 3.63) is 29.8 Å². The number of benzene rings is 1. The van der Waals surface area contributed by atoms with Gasteiger partial charge in [0.15, 0.2) is 5.84 Å². The number of carbonyl (C=O) groups is 1. The van der Waals surface area contributed by atoms with E-state index in [1.807, 2.05) is 31.2 Å². The summed E-state index contributed by atoms with van der Waals surface area (Å²) in [7, 11) is 1.79. The molecule has 1 amide bonds. The van der Waals surface area contributed by atoms with Crippen molar-refractivity contribution >= 4 is 23.1 Å². The predicted molar refractivity (Wildman–Crippen MR) is 75.9 cm³/mol. The van der Waals surface area contributed by atoms with Crippen LogP contribution < -0.4 is 4.90 Å². The molecule has 0 radical (unpaired) electrons. The third-order valence-corrected chi connectivity index (χ3v) is 3.71. The molecule has 2 aliphatic heterocycles. The number of hydrogen-bond donors (Lipinski definition) is 0. The van der Waals surface area contributed by atoms with Gasteiger partial charge in [0.25, 0.3) is 5.91 Å². The molecule has 0 saturated heterocycles. The van der Waals surface area contributed by atoms with Crippen molar-refractivity contribution in [2.75, 3.05) is 18.5 Å². The fourth-order valence-corrected chi connectivity index (χ4v) is 2.49. The second-order valence-electron chi connectivity index (χ2n) is 4.98. The van der Waals surface area contributed by atoms with E-state index in [0.717, 1.165) is 22.8 Å². The molecule has 19 heavy (non-hydrogen) atoms. The van der Waals surface area contributed by atoms with E-state index in [4.69, 9.17) is 0 Å². The number of para-hydroxylation sites is 1. The van der Waals surface area contributed by atoms with Crippen molar-refractivity contribution in [3.8, 4) is 0 Å². The normalized spacial score (nSPS) is 22.3. The lowest BCUT2D eigenvalue weighted by molar-refractivity contribution is 0.0817. The number of amides is 1. The first kappa shape index (κ1) is 11.9. The Labute approximate surface area is 112 Å². The van der Waals surface area contributed by atoms with E-state index >= 15 is 0 Å². The maximum atomic E-state index is 12.4. The summed E-state index contributed by atoms with van der Waals surface area (Å²) in [6.07, 6.45) is 0. The first-order valence-electron chi connectivity index (χ1n) is 6.34. The van der Waals surface area contributed by atoms with Crippen LogP contribution in [-0.4, -0.2) is 42.0 Å². The zero-order chi connectivity index (χ0) is 13.6. The summed E-state index contributed by atoms with van der Waals surface area (Å²) in [5.74, 6) is 0.844. The highest BCUT2D eigenvalue weighted by molar-refractivity contribution is 6.15. The molecule has 2 aliphatic rings. The Kier molecular flexibility index (Phi) is 2.62. The lowest BCUT2D eigenvalue weighted by Crippen LogP contribution is -2.47. The Morgan fingerprint density at radius 3 is 2.79 bits per heavy atom. The number of fused-ring (bicyclic) bond motifs is 3. The van der Waals surface area contributed by atoms with Gasteiger partial charge in [-0.3, -0.25) is 4.79 Å². The molecule has 0 bridgehead atoms. The lowest BCUT2D eigenvalue weighted by Gasteiger charge is -2.33. The summed E-state index contributed by atoms with van der Waals surface area (Å²) in [4.78, 5) is 16.2. The Hall–Kier alpha value is -2.17. The summed E-state index contributed by atoms with van der Waals surface area (Å²) >= 11 is 0. The third-order valence-electron chi connectivity index (χ3n) is 3.71. The van der Waals surface area contributed by atoms with Crippen molar-refractivity contribution in [1.82, 2.24) is 4.90 Å². The van der Waals surface area contributed by atoms with Crippen LogP contribution in [-0.2, 0) is 0 Å². The largest absolute Gasteiger partial charge is 0.334 e. The van der Waals surface area contributed by atoms with Gasteiger partial charge in [0.05, 0.1) is 29.5 Å². The number of rotatable bonds is 0. The zero-order valence-corrected chi connectivity index (χ0v) is 11.3. The number of amidine groups is 1. The minimum Gasteiger partial charge on any atom is -0.334 e. The minimum atomic E-state index is 0.0255. The van der Waals surface area contributed by atoms with Gasteiger partial charge in [0, 0.05) is 7.05 Å². The average molecular weight is 256 g/mol. The van der Waals surface area contributed by atoms with E-state index in [9.17, 15) is 4.79 Å². The number of likely N-dealkylation sites (N-methyl/N-ethyl adjacent to an activating group) is 1. The van der Waals surface area contributed by atoms with Gasteiger partial charge >= 0.3 is 0 Å². The molecule has 1 aromatic carbocycles. The third kappa shape index (κ3) is 1.73. The fourth-order valence-electron chi connectivity index (χ4n) is 2.49. The monoisotopic (exact) mass is 256 g/mol. The molecule has 0 aromatic heterocycles. The number of hydrogen-bond acceptors (Lipinski definition) is 4. The summed E-state index contributed by atoms with van der Waals surface area (Å²) in [6.45, 7) is 4.53. The van der Waals surface area contributed by atoms with Crippen LogP contribution in [0.15, 0.2) is 34.5 Å². The highest BCUT2D eigenvalue weighted by atomic mass is 16.2. The van der Waals surface area contributed by atoms with Crippen LogP contribution >= 0.6 is 0 Å². The predicted octanol–water partition coefficient (Wildman–Crippen LogP) is 1.76. The molecule has 5 nitrogen and oxygen atoms in total. The summed E-state index contributed by atoms with van der Waals surface area (Å²) in [5, 5.41) is 8.46. The van der Waals surface area contributed by atoms with Crippen LogP contribution in [0.25, 0.3) is 0 Å². The van der Waals surface area contributed by atoms with E-state index in [-0.39, 0.29) is 11.9 Å². The van der Waals surface area contributed by atoms with Gasteiger partial charge in [-0.2, -0.15) is 5.10 Å². The van der Waals surface area contributed by atoms with Gasteiger partial charge in [0.2, 0.25) is 0 Å². The first-order chi connectivity index (χ1) is 9.09. The molecular weight excluding hydrogens is 240 g/mol. The fraction of sp³-hybridized carbons (Fsp3) is 0.357. The second kappa shape index (κ2) is 4.19. The van der Waals surface area contributed by atoms with Crippen molar-refractivity contribution in [1.29, 1.82) is 0 Å². The Morgan fingerprint density at radius 2 is 2.00 bits per heavy atom. The molecular formula is C14H16N4O. The molecule has 1 aromatic rings. The number of nitrogens with zero attached hydrogens (tertiary/aromatic N) is 4. The Morgan fingerprint density at radius 1 is 1.26 bits per heavy atom. The van der Waals surface area contributed by atoms with E-state index in [1.165, 1.54) is 0 Å². The standard InChI is InChI=1S/C14H16N4O/c1-9-10(2)18-12-7-5-4-6-11(12)14(19)17(3)8-13(18)16-15-9/h4-7,10H,8H2,1-3H3. The average Bonchev–Trinajstić information content (AvgIpc) is 2.52. The van der Waals surface area contributed by atoms with Crippen LogP contribution in [0.1, 0.15) is 24.2 Å². The van der Waals surface area contributed by atoms with Crippen molar-refractivity contribution < 1.29 is 4.79 Å². The molecule has 0 N–H and O–H groups in total. The summed E-state index contributed by atoms with van der Waals surface area (Å²) in [6, 6.07) is 7.79. The highest BCUT2D eigenvalue weighted by Gasteiger charge is 2.33. The van der Waals surface area contributed by atoms with E-state index < -0.39 is 0 Å². The highest BCUT2D eigenvalue weighted by Crippen LogP contribution is 2.29. The van der Waals surface area contributed by atoms with Gasteiger partial charge in [-0.25, -0.2) is 0 Å². The SMILES string of the molecule is CC1=NN=C2CN(C)C(=O)c3ccccc3N2C1C. The lowest BCUT2D eigenvalue weighted by atomic mass is 10.1. The van der Waals surface area contributed by atoms with Crippen molar-refractivity contribution in [2.24, 2.45) is 10.2 Å². The van der Waals surface area contributed by atoms with Crippen LogP contribution in [0.4, 0.5) is 5.69 Å². The van der Waals surface area contributed by atoms with Gasteiger partial charge in [-0.1, -0.05) is 12.1 Å². The number of anilines is 1. The molecule has 5 heteroatoms. The maximum absolute atomic E-state index is 12.4. The van der Waals surface area contributed by atoms with Crippen LogP contribution in [0.2, 0.25) is 0 Å². The maximum Gasteiger partial charge on any atom is 0.256 e. The van der Waals surface area contributed by atoms with E-state index in [0.29, 0.717) is 6.54 Å². The smallest absolute Gasteiger partial charge is 0.256 e.